The van der Waals surface area contributed by atoms with E-state index in [-0.39, 0.29) is 12.3 Å². The maximum absolute atomic E-state index is 12.4. The summed E-state index contributed by atoms with van der Waals surface area (Å²) in [6.45, 7) is 2.04. The lowest BCUT2D eigenvalue weighted by Gasteiger charge is -2.05. The molecule has 0 aliphatic carbocycles. The van der Waals surface area contributed by atoms with Crippen LogP contribution < -0.4 is 14.3 Å². The number of aryl methyl sites for hydroxylation is 2. The number of rotatable bonds is 4. The van der Waals surface area contributed by atoms with E-state index in [9.17, 15) is 4.79 Å². The third-order valence-electron chi connectivity index (χ3n) is 4.04. The van der Waals surface area contributed by atoms with Gasteiger partial charge in [-0.1, -0.05) is 29.5 Å². The molecule has 0 saturated heterocycles. The van der Waals surface area contributed by atoms with Gasteiger partial charge in [0.05, 0.1) is 25.3 Å². The van der Waals surface area contributed by atoms with Crippen LogP contribution in [-0.4, -0.2) is 24.7 Å². The van der Waals surface area contributed by atoms with Gasteiger partial charge in [0, 0.05) is 7.05 Å². The minimum absolute atomic E-state index is 0.188. The zero-order valence-corrected chi connectivity index (χ0v) is 15.5. The Hall–Kier alpha value is -2.60. The maximum atomic E-state index is 12.4. The highest BCUT2D eigenvalue weighted by atomic mass is 32.1. The predicted octanol–water partition coefficient (Wildman–Crippen LogP) is 3.24. The highest BCUT2D eigenvalue weighted by molar-refractivity contribution is 7.16. The number of aromatic nitrogens is 1. The van der Waals surface area contributed by atoms with Crippen molar-refractivity contribution in [2.45, 2.75) is 13.3 Å². The largest absolute Gasteiger partial charge is 0.497 e. The number of nitrogens with zero attached hydrogens (tertiary/aromatic N) is 2. The molecular weight excluding hydrogens is 336 g/mol. The fourth-order valence-electron chi connectivity index (χ4n) is 2.72. The topological polar surface area (TPSA) is 52.8 Å². The van der Waals surface area contributed by atoms with E-state index in [1.807, 2.05) is 54.9 Å². The molecule has 25 heavy (non-hydrogen) atoms. The standard InChI is InChI=1S/C19H20N2O3S/c1-12-8-9-15(24-4)17-18(12)25-19(21(17)2)20-16(22)11-13-6-5-7-14(10-13)23-3/h5-10H,11H2,1-4H3. The Morgan fingerprint density at radius 1 is 1.20 bits per heavy atom. The first kappa shape index (κ1) is 17.2. The summed E-state index contributed by atoms with van der Waals surface area (Å²) in [6, 6.07) is 11.4. The summed E-state index contributed by atoms with van der Waals surface area (Å²) in [5, 5.41) is 0. The summed E-state index contributed by atoms with van der Waals surface area (Å²) in [5.74, 6) is 1.33. The van der Waals surface area contributed by atoms with Crippen molar-refractivity contribution in [1.82, 2.24) is 4.57 Å². The van der Waals surface area contributed by atoms with Gasteiger partial charge in [0.25, 0.3) is 5.91 Å². The van der Waals surface area contributed by atoms with E-state index in [1.165, 1.54) is 11.3 Å². The molecule has 0 spiro atoms. The van der Waals surface area contributed by atoms with Crippen LogP contribution in [0.5, 0.6) is 11.5 Å². The Kier molecular flexibility index (Phi) is 4.90. The first-order valence-electron chi connectivity index (χ1n) is 7.87. The van der Waals surface area contributed by atoms with Crippen LogP contribution in [0.1, 0.15) is 11.1 Å². The van der Waals surface area contributed by atoms with E-state index in [1.54, 1.807) is 14.2 Å². The van der Waals surface area contributed by atoms with Gasteiger partial charge in [0.15, 0.2) is 4.80 Å². The van der Waals surface area contributed by atoms with Crippen LogP contribution in [0.15, 0.2) is 41.4 Å². The number of carbonyl (C=O) groups excluding carboxylic acids is 1. The minimum Gasteiger partial charge on any atom is -0.497 e. The number of hydrogen-bond acceptors (Lipinski definition) is 4. The van der Waals surface area contributed by atoms with Gasteiger partial charge in [0.1, 0.15) is 17.0 Å². The maximum Gasteiger partial charge on any atom is 0.252 e. The Balaban J connectivity index is 1.99. The van der Waals surface area contributed by atoms with E-state index in [4.69, 9.17) is 9.47 Å². The second-order valence-corrected chi connectivity index (χ2v) is 6.72. The molecule has 0 unspecified atom stereocenters. The van der Waals surface area contributed by atoms with E-state index in [2.05, 4.69) is 4.99 Å². The fraction of sp³-hybridized carbons (Fsp3) is 0.263. The Morgan fingerprint density at radius 2 is 2.00 bits per heavy atom. The quantitative estimate of drug-likeness (QED) is 0.721. The van der Waals surface area contributed by atoms with Crippen molar-refractivity contribution in [1.29, 1.82) is 0 Å². The van der Waals surface area contributed by atoms with Crippen LogP contribution in [0.4, 0.5) is 0 Å². The molecule has 0 atom stereocenters. The first-order chi connectivity index (χ1) is 12.0. The van der Waals surface area contributed by atoms with Crippen molar-refractivity contribution in [3.8, 4) is 11.5 Å². The van der Waals surface area contributed by atoms with Crippen LogP contribution >= 0.6 is 11.3 Å². The number of thiazole rings is 1. The number of ether oxygens (including phenoxy) is 2. The van der Waals surface area contributed by atoms with Gasteiger partial charge >= 0.3 is 0 Å². The van der Waals surface area contributed by atoms with E-state index in [0.29, 0.717) is 4.80 Å². The molecular formula is C19H20N2O3S. The Labute approximate surface area is 150 Å². The van der Waals surface area contributed by atoms with Gasteiger partial charge < -0.3 is 14.0 Å². The van der Waals surface area contributed by atoms with Crippen LogP contribution in [0.3, 0.4) is 0 Å². The predicted molar refractivity (Wildman–Crippen MR) is 99.4 cm³/mol. The third kappa shape index (κ3) is 3.44. The van der Waals surface area contributed by atoms with Crippen LogP contribution in [0, 0.1) is 6.92 Å². The Morgan fingerprint density at radius 3 is 2.72 bits per heavy atom. The van der Waals surface area contributed by atoms with Gasteiger partial charge in [-0.25, -0.2) is 0 Å². The van der Waals surface area contributed by atoms with Gasteiger partial charge in [0.2, 0.25) is 0 Å². The van der Waals surface area contributed by atoms with Crippen molar-refractivity contribution < 1.29 is 14.3 Å². The number of carbonyl (C=O) groups is 1. The summed E-state index contributed by atoms with van der Waals surface area (Å²) in [6.07, 6.45) is 0.238. The SMILES string of the molecule is COc1cccc(CC(=O)N=c2sc3c(C)ccc(OC)c3n2C)c1. The van der Waals surface area contributed by atoms with Crippen LogP contribution in [0.25, 0.3) is 10.2 Å². The molecule has 5 nitrogen and oxygen atoms in total. The molecule has 130 valence electrons. The van der Waals surface area contributed by atoms with E-state index in [0.717, 1.165) is 32.8 Å². The summed E-state index contributed by atoms with van der Waals surface area (Å²) in [4.78, 5) is 17.4. The second kappa shape index (κ2) is 7.11. The van der Waals surface area contributed by atoms with Crippen molar-refractivity contribution in [2.24, 2.45) is 12.0 Å². The zero-order valence-electron chi connectivity index (χ0n) is 14.7. The lowest BCUT2D eigenvalue weighted by Crippen LogP contribution is -2.14. The summed E-state index contributed by atoms with van der Waals surface area (Å²) < 4.78 is 13.6. The smallest absolute Gasteiger partial charge is 0.252 e. The van der Waals surface area contributed by atoms with E-state index >= 15 is 0 Å². The Bertz CT molecular complexity index is 1000. The normalized spacial score (nSPS) is 11.8. The lowest BCUT2D eigenvalue weighted by atomic mass is 10.1. The molecule has 1 amide bonds. The highest BCUT2D eigenvalue weighted by Gasteiger charge is 2.12. The molecule has 1 heterocycles. The molecule has 2 aromatic carbocycles. The van der Waals surface area contributed by atoms with Gasteiger partial charge in [-0.15, -0.1) is 0 Å². The molecule has 0 saturated carbocycles. The number of methoxy groups -OCH3 is 2. The number of benzene rings is 2. The molecule has 0 aliphatic heterocycles. The lowest BCUT2D eigenvalue weighted by molar-refractivity contribution is -0.117. The van der Waals surface area contributed by atoms with Crippen molar-refractivity contribution >= 4 is 27.5 Å². The summed E-state index contributed by atoms with van der Waals surface area (Å²) in [5.41, 5.74) is 2.98. The molecule has 3 aromatic rings. The summed E-state index contributed by atoms with van der Waals surface area (Å²) in [7, 11) is 5.16. The summed E-state index contributed by atoms with van der Waals surface area (Å²) >= 11 is 1.50. The molecule has 0 N–H and O–H groups in total. The molecule has 0 radical (unpaired) electrons. The monoisotopic (exact) mass is 356 g/mol. The van der Waals surface area contributed by atoms with Crippen LogP contribution in [-0.2, 0) is 18.3 Å². The molecule has 0 aliphatic rings. The fourth-order valence-corrected chi connectivity index (χ4v) is 3.84. The molecule has 3 rings (SSSR count). The minimum atomic E-state index is -0.188. The van der Waals surface area contributed by atoms with Crippen molar-refractivity contribution in [3.63, 3.8) is 0 Å². The molecule has 0 fully saturated rings. The molecule has 0 bridgehead atoms. The van der Waals surface area contributed by atoms with Crippen LogP contribution in [0.2, 0.25) is 0 Å². The number of amides is 1. The third-order valence-corrected chi connectivity index (χ3v) is 5.30. The van der Waals surface area contributed by atoms with Gasteiger partial charge in [-0.2, -0.15) is 4.99 Å². The van der Waals surface area contributed by atoms with Crippen molar-refractivity contribution in [3.05, 3.63) is 52.3 Å². The van der Waals surface area contributed by atoms with Gasteiger partial charge in [-0.3, -0.25) is 4.79 Å². The number of fused-ring (bicyclic) bond motifs is 1. The second-order valence-electron chi connectivity index (χ2n) is 5.74. The highest BCUT2D eigenvalue weighted by Crippen LogP contribution is 2.29. The zero-order chi connectivity index (χ0) is 18.0. The van der Waals surface area contributed by atoms with Gasteiger partial charge in [-0.05, 0) is 36.2 Å². The molecule has 6 heteroatoms. The molecule has 1 aromatic heterocycles. The number of hydrogen-bond donors (Lipinski definition) is 0. The van der Waals surface area contributed by atoms with E-state index < -0.39 is 0 Å². The first-order valence-corrected chi connectivity index (χ1v) is 8.68. The average Bonchev–Trinajstić information content (AvgIpc) is 2.93. The average molecular weight is 356 g/mol. The van der Waals surface area contributed by atoms with Crippen molar-refractivity contribution in [2.75, 3.05) is 14.2 Å².